The molecule has 1 fully saturated rings. The van der Waals surface area contributed by atoms with Crippen molar-refractivity contribution < 1.29 is 4.79 Å². The molecule has 0 aromatic heterocycles. The van der Waals surface area contributed by atoms with E-state index in [2.05, 4.69) is 26.1 Å². The van der Waals surface area contributed by atoms with E-state index in [1.54, 1.807) is 0 Å². The molecule has 1 aliphatic carbocycles. The van der Waals surface area contributed by atoms with E-state index in [1.165, 1.54) is 12.8 Å². The molecule has 1 aliphatic rings. The van der Waals surface area contributed by atoms with Crippen LogP contribution in [0.25, 0.3) is 0 Å². The molecule has 0 saturated heterocycles. The van der Waals surface area contributed by atoms with Gasteiger partial charge in [0.15, 0.2) is 0 Å². The Bertz CT molecular complexity index is 226. The molecule has 1 amide bonds. The number of rotatable bonds is 5. The molecule has 0 aromatic rings. The number of unbranched alkanes of at least 4 members (excludes halogenated alkanes) is 1. The van der Waals surface area contributed by atoms with Crippen LogP contribution in [0, 0.1) is 5.41 Å². The molecule has 88 valence electrons. The fourth-order valence-electron chi connectivity index (χ4n) is 1.52. The van der Waals surface area contributed by atoms with Crippen LogP contribution in [-0.4, -0.2) is 18.0 Å². The first-order valence-electron chi connectivity index (χ1n) is 5.91. The lowest BCUT2D eigenvalue weighted by Gasteiger charge is -2.17. The normalized spacial score (nSPS) is 18.7. The van der Waals surface area contributed by atoms with Crippen LogP contribution in [0.1, 0.15) is 52.9 Å². The molecule has 0 bridgehead atoms. The standard InChI is InChI=1S/C12H24N2O/c1-11(2,3)6-4-5-9-14-10(15)12(13)7-8-12/h4-9,13H2,1-3H3,(H,14,15). The third kappa shape index (κ3) is 4.65. The third-order valence-electron chi connectivity index (χ3n) is 2.88. The molecule has 0 atom stereocenters. The zero-order chi connectivity index (χ0) is 11.5. The van der Waals surface area contributed by atoms with Crippen molar-refractivity contribution in [1.29, 1.82) is 0 Å². The molecule has 3 N–H and O–H groups in total. The number of carbonyl (C=O) groups is 1. The minimum absolute atomic E-state index is 0.0401. The molecule has 0 aromatic carbocycles. The summed E-state index contributed by atoms with van der Waals surface area (Å²) in [6.45, 7) is 7.49. The topological polar surface area (TPSA) is 55.1 Å². The van der Waals surface area contributed by atoms with Gasteiger partial charge >= 0.3 is 0 Å². The highest BCUT2D eigenvalue weighted by Gasteiger charge is 2.45. The quantitative estimate of drug-likeness (QED) is 0.683. The number of nitrogens with two attached hydrogens (primary N) is 1. The average Bonchev–Trinajstić information content (AvgIpc) is 2.82. The van der Waals surface area contributed by atoms with E-state index >= 15 is 0 Å². The van der Waals surface area contributed by atoms with Crippen molar-refractivity contribution in [3.63, 3.8) is 0 Å². The van der Waals surface area contributed by atoms with Gasteiger partial charge in [-0.3, -0.25) is 4.79 Å². The summed E-state index contributed by atoms with van der Waals surface area (Å²) in [5.74, 6) is 0.0401. The number of amides is 1. The fourth-order valence-corrected chi connectivity index (χ4v) is 1.52. The molecule has 0 radical (unpaired) electrons. The molecule has 0 aliphatic heterocycles. The highest BCUT2D eigenvalue weighted by atomic mass is 16.2. The fraction of sp³-hybridized carbons (Fsp3) is 0.917. The predicted octanol–water partition coefficient (Wildman–Crippen LogP) is 1.81. The van der Waals surface area contributed by atoms with E-state index in [1.807, 2.05) is 0 Å². The SMILES string of the molecule is CC(C)(C)CCCCNC(=O)C1(N)CC1. The Morgan fingerprint density at radius 2 is 1.93 bits per heavy atom. The Morgan fingerprint density at radius 3 is 2.40 bits per heavy atom. The van der Waals surface area contributed by atoms with Crippen molar-refractivity contribution in [3.8, 4) is 0 Å². The summed E-state index contributed by atoms with van der Waals surface area (Å²) in [7, 11) is 0. The van der Waals surface area contributed by atoms with Gasteiger partial charge in [-0.25, -0.2) is 0 Å². The molecule has 1 rings (SSSR count). The van der Waals surface area contributed by atoms with Gasteiger partial charge < -0.3 is 11.1 Å². The van der Waals surface area contributed by atoms with E-state index in [0.29, 0.717) is 5.41 Å². The lowest BCUT2D eigenvalue weighted by molar-refractivity contribution is -0.123. The first-order chi connectivity index (χ1) is 6.83. The molecule has 3 nitrogen and oxygen atoms in total. The van der Waals surface area contributed by atoms with E-state index in [4.69, 9.17) is 5.73 Å². The molecule has 0 unspecified atom stereocenters. The van der Waals surface area contributed by atoms with Gasteiger partial charge in [-0.05, 0) is 31.1 Å². The second-order valence-corrected chi connectivity index (χ2v) is 5.93. The highest BCUT2D eigenvalue weighted by Crippen LogP contribution is 2.32. The maximum Gasteiger partial charge on any atom is 0.240 e. The van der Waals surface area contributed by atoms with Gasteiger partial charge in [-0.2, -0.15) is 0 Å². The summed E-state index contributed by atoms with van der Waals surface area (Å²) >= 11 is 0. The van der Waals surface area contributed by atoms with Crippen molar-refractivity contribution in [2.24, 2.45) is 11.1 Å². The molecule has 1 saturated carbocycles. The molecule has 0 spiro atoms. The highest BCUT2D eigenvalue weighted by molar-refractivity contribution is 5.88. The minimum atomic E-state index is -0.510. The lowest BCUT2D eigenvalue weighted by Crippen LogP contribution is -2.43. The second-order valence-electron chi connectivity index (χ2n) is 5.93. The van der Waals surface area contributed by atoms with Crippen LogP contribution >= 0.6 is 0 Å². The summed E-state index contributed by atoms with van der Waals surface area (Å²) in [6, 6.07) is 0. The Balaban J connectivity index is 2.00. The second kappa shape index (κ2) is 4.52. The number of hydrogen-bond donors (Lipinski definition) is 2. The molecule has 15 heavy (non-hydrogen) atoms. The van der Waals surface area contributed by atoms with E-state index in [9.17, 15) is 4.79 Å². The van der Waals surface area contributed by atoms with Crippen LogP contribution < -0.4 is 11.1 Å². The van der Waals surface area contributed by atoms with Gasteiger partial charge in [0.2, 0.25) is 5.91 Å². The average molecular weight is 212 g/mol. The monoisotopic (exact) mass is 212 g/mol. The zero-order valence-electron chi connectivity index (χ0n) is 10.2. The van der Waals surface area contributed by atoms with Crippen LogP contribution in [0.3, 0.4) is 0 Å². The third-order valence-corrected chi connectivity index (χ3v) is 2.88. The van der Waals surface area contributed by atoms with Gasteiger partial charge in [0.05, 0.1) is 5.54 Å². The zero-order valence-corrected chi connectivity index (χ0v) is 10.2. The Kier molecular flexibility index (Phi) is 3.77. The molecule has 0 heterocycles. The van der Waals surface area contributed by atoms with Crippen LogP contribution in [0.4, 0.5) is 0 Å². The van der Waals surface area contributed by atoms with Gasteiger partial charge in [-0.15, -0.1) is 0 Å². The molecule has 3 heteroatoms. The van der Waals surface area contributed by atoms with Crippen molar-refractivity contribution in [1.82, 2.24) is 5.32 Å². The summed E-state index contributed by atoms with van der Waals surface area (Å²) < 4.78 is 0. The van der Waals surface area contributed by atoms with Gasteiger partial charge in [-0.1, -0.05) is 27.2 Å². The first kappa shape index (κ1) is 12.5. The van der Waals surface area contributed by atoms with Gasteiger partial charge in [0.1, 0.15) is 0 Å². The maximum absolute atomic E-state index is 11.5. The summed E-state index contributed by atoms with van der Waals surface area (Å²) in [6.07, 6.45) is 5.12. The number of hydrogen-bond acceptors (Lipinski definition) is 2. The maximum atomic E-state index is 11.5. The van der Waals surface area contributed by atoms with Crippen molar-refractivity contribution in [2.45, 2.75) is 58.4 Å². The number of carbonyl (C=O) groups excluding carboxylic acids is 1. The van der Waals surface area contributed by atoms with Crippen LogP contribution in [0.5, 0.6) is 0 Å². The van der Waals surface area contributed by atoms with Gasteiger partial charge in [0.25, 0.3) is 0 Å². The first-order valence-corrected chi connectivity index (χ1v) is 5.91. The summed E-state index contributed by atoms with van der Waals surface area (Å²) in [5, 5.41) is 2.91. The Hall–Kier alpha value is -0.570. The summed E-state index contributed by atoms with van der Waals surface area (Å²) in [5.41, 5.74) is 5.65. The number of nitrogens with one attached hydrogen (secondary N) is 1. The van der Waals surface area contributed by atoms with E-state index in [0.717, 1.165) is 25.8 Å². The van der Waals surface area contributed by atoms with Crippen LogP contribution in [-0.2, 0) is 4.79 Å². The van der Waals surface area contributed by atoms with E-state index < -0.39 is 5.54 Å². The van der Waals surface area contributed by atoms with Crippen LogP contribution in [0.15, 0.2) is 0 Å². The van der Waals surface area contributed by atoms with Crippen molar-refractivity contribution >= 4 is 5.91 Å². The smallest absolute Gasteiger partial charge is 0.240 e. The molecular weight excluding hydrogens is 188 g/mol. The van der Waals surface area contributed by atoms with Crippen LogP contribution in [0.2, 0.25) is 0 Å². The largest absolute Gasteiger partial charge is 0.355 e. The summed E-state index contributed by atoms with van der Waals surface area (Å²) in [4.78, 5) is 11.5. The lowest BCUT2D eigenvalue weighted by atomic mass is 9.90. The Labute approximate surface area is 92.8 Å². The Morgan fingerprint density at radius 1 is 1.33 bits per heavy atom. The van der Waals surface area contributed by atoms with Gasteiger partial charge in [0, 0.05) is 6.54 Å². The minimum Gasteiger partial charge on any atom is -0.355 e. The van der Waals surface area contributed by atoms with Crippen molar-refractivity contribution in [2.75, 3.05) is 6.54 Å². The predicted molar refractivity (Wildman–Crippen MR) is 62.5 cm³/mol. The molecular formula is C12H24N2O. The van der Waals surface area contributed by atoms with E-state index in [-0.39, 0.29) is 5.91 Å². The van der Waals surface area contributed by atoms with Crippen molar-refractivity contribution in [3.05, 3.63) is 0 Å².